The molecule has 0 aromatic carbocycles. The first-order chi connectivity index (χ1) is 6.22. The lowest BCUT2D eigenvalue weighted by Gasteiger charge is -2.20. The predicted molar refractivity (Wildman–Crippen MR) is 53.7 cm³/mol. The molecule has 0 aromatic heterocycles. The molecule has 0 atom stereocenters. The van der Waals surface area contributed by atoms with Gasteiger partial charge in [0.05, 0.1) is 0 Å². The van der Waals surface area contributed by atoms with Gasteiger partial charge in [-0.25, -0.2) is 4.79 Å². The number of hydrogen-bond donors (Lipinski definition) is 1. The van der Waals surface area contributed by atoms with E-state index in [4.69, 9.17) is 0 Å². The first-order valence-corrected chi connectivity index (χ1v) is 4.36. The van der Waals surface area contributed by atoms with E-state index in [9.17, 15) is 9.59 Å². The van der Waals surface area contributed by atoms with Gasteiger partial charge >= 0.3 is 5.97 Å². The molecule has 0 aliphatic heterocycles. The zero-order chi connectivity index (χ0) is 11.4. The van der Waals surface area contributed by atoms with Crippen molar-refractivity contribution in [2.24, 2.45) is 0 Å². The number of hydrogen-bond acceptors (Lipinski definition) is 3. The maximum Gasteiger partial charge on any atom is 0.333 e. The minimum Gasteiger partial charge on any atom is -0.452 e. The average Bonchev–Trinajstić information content (AvgIpc) is 1.96. The molecule has 0 saturated heterocycles. The topological polar surface area (TPSA) is 55.4 Å². The number of ether oxygens (including phenoxy) is 1. The van der Waals surface area contributed by atoms with Crippen LogP contribution in [0.5, 0.6) is 0 Å². The van der Waals surface area contributed by atoms with Crippen molar-refractivity contribution in [3.8, 4) is 0 Å². The summed E-state index contributed by atoms with van der Waals surface area (Å²) in [6, 6.07) is 0. The van der Waals surface area contributed by atoms with Crippen molar-refractivity contribution >= 4 is 11.9 Å². The summed E-state index contributed by atoms with van der Waals surface area (Å²) in [5, 5.41) is 2.67. The SMILES string of the molecule is C=C(C)C(=O)OCC(=O)NC(C)(C)C. The van der Waals surface area contributed by atoms with Gasteiger partial charge in [0.25, 0.3) is 5.91 Å². The molecule has 0 rings (SSSR count). The van der Waals surface area contributed by atoms with Crippen LogP contribution in [-0.2, 0) is 14.3 Å². The number of rotatable bonds is 3. The summed E-state index contributed by atoms with van der Waals surface area (Å²) in [4.78, 5) is 22.1. The molecule has 14 heavy (non-hydrogen) atoms. The third-order valence-corrected chi connectivity index (χ3v) is 1.20. The van der Waals surface area contributed by atoms with Gasteiger partial charge in [-0.2, -0.15) is 0 Å². The molecule has 0 heterocycles. The maximum absolute atomic E-state index is 11.2. The van der Waals surface area contributed by atoms with E-state index >= 15 is 0 Å². The van der Waals surface area contributed by atoms with Crippen LogP contribution in [0.15, 0.2) is 12.2 Å². The van der Waals surface area contributed by atoms with Crippen LogP contribution in [0.2, 0.25) is 0 Å². The molecule has 0 aliphatic rings. The normalized spacial score (nSPS) is 10.6. The summed E-state index contributed by atoms with van der Waals surface area (Å²) < 4.78 is 4.66. The Hall–Kier alpha value is -1.32. The maximum atomic E-state index is 11.2. The lowest BCUT2D eigenvalue weighted by molar-refractivity contribution is -0.145. The Bertz CT molecular complexity index is 251. The molecule has 0 spiro atoms. The number of esters is 1. The molecule has 1 N–H and O–H groups in total. The van der Waals surface area contributed by atoms with Crippen molar-refractivity contribution < 1.29 is 14.3 Å². The smallest absolute Gasteiger partial charge is 0.333 e. The van der Waals surface area contributed by atoms with Crippen LogP contribution in [0, 0.1) is 0 Å². The van der Waals surface area contributed by atoms with E-state index in [-0.39, 0.29) is 23.6 Å². The molecule has 0 bridgehead atoms. The molecule has 0 unspecified atom stereocenters. The molecular formula is C10H17NO3. The van der Waals surface area contributed by atoms with Crippen LogP contribution in [0.3, 0.4) is 0 Å². The molecule has 1 amide bonds. The van der Waals surface area contributed by atoms with E-state index in [2.05, 4.69) is 16.6 Å². The van der Waals surface area contributed by atoms with E-state index in [1.54, 1.807) is 0 Å². The Labute approximate surface area is 84.3 Å². The Kier molecular flexibility index (Phi) is 4.34. The Morgan fingerprint density at radius 3 is 2.21 bits per heavy atom. The summed E-state index contributed by atoms with van der Waals surface area (Å²) in [7, 11) is 0. The highest BCUT2D eigenvalue weighted by molar-refractivity contribution is 5.89. The van der Waals surface area contributed by atoms with Crippen LogP contribution >= 0.6 is 0 Å². The molecule has 4 heteroatoms. The van der Waals surface area contributed by atoms with Gasteiger partial charge in [-0.3, -0.25) is 4.79 Å². The van der Waals surface area contributed by atoms with Crippen LogP contribution in [0.4, 0.5) is 0 Å². The second kappa shape index (κ2) is 4.79. The summed E-state index contributed by atoms with van der Waals surface area (Å²) in [5.41, 5.74) is -0.0271. The monoisotopic (exact) mass is 199 g/mol. The van der Waals surface area contributed by atoms with Crippen molar-refractivity contribution in [2.45, 2.75) is 33.2 Å². The van der Waals surface area contributed by atoms with Gasteiger partial charge in [-0.1, -0.05) is 6.58 Å². The van der Waals surface area contributed by atoms with Gasteiger partial charge in [0.15, 0.2) is 6.61 Å². The first kappa shape index (κ1) is 12.7. The predicted octanol–water partition coefficient (Wildman–Crippen LogP) is 1.02. The molecule has 0 aromatic rings. The van der Waals surface area contributed by atoms with Gasteiger partial charge in [0.2, 0.25) is 0 Å². The Morgan fingerprint density at radius 1 is 1.36 bits per heavy atom. The van der Waals surface area contributed by atoms with Crippen LogP contribution in [0.1, 0.15) is 27.7 Å². The quantitative estimate of drug-likeness (QED) is 0.545. The number of nitrogens with one attached hydrogen (secondary N) is 1. The highest BCUT2D eigenvalue weighted by Crippen LogP contribution is 1.98. The molecule has 4 nitrogen and oxygen atoms in total. The van der Waals surface area contributed by atoms with E-state index in [1.807, 2.05) is 20.8 Å². The minimum absolute atomic E-state index is 0.261. The zero-order valence-corrected chi connectivity index (χ0v) is 9.14. The second-order valence-corrected chi connectivity index (χ2v) is 4.15. The van der Waals surface area contributed by atoms with Crippen molar-refractivity contribution in [2.75, 3.05) is 6.61 Å². The fourth-order valence-electron chi connectivity index (χ4n) is 0.709. The zero-order valence-electron chi connectivity index (χ0n) is 9.14. The summed E-state index contributed by atoms with van der Waals surface area (Å²) in [6.07, 6.45) is 0. The van der Waals surface area contributed by atoms with E-state index in [0.29, 0.717) is 0 Å². The molecule has 0 fully saturated rings. The van der Waals surface area contributed by atoms with Gasteiger partial charge < -0.3 is 10.1 Å². The molecule has 0 radical (unpaired) electrons. The van der Waals surface area contributed by atoms with E-state index < -0.39 is 5.97 Å². The fourth-order valence-corrected chi connectivity index (χ4v) is 0.709. The van der Waals surface area contributed by atoms with Crippen LogP contribution in [0.25, 0.3) is 0 Å². The Morgan fingerprint density at radius 2 is 1.86 bits per heavy atom. The van der Waals surface area contributed by atoms with Gasteiger partial charge in [0.1, 0.15) is 0 Å². The average molecular weight is 199 g/mol. The van der Waals surface area contributed by atoms with Gasteiger partial charge in [-0.15, -0.1) is 0 Å². The second-order valence-electron chi connectivity index (χ2n) is 4.15. The lowest BCUT2D eigenvalue weighted by atomic mass is 10.1. The highest BCUT2D eigenvalue weighted by Gasteiger charge is 2.15. The third kappa shape index (κ3) is 6.22. The molecule has 80 valence electrons. The lowest BCUT2D eigenvalue weighted by Crippen LogP contribution is -2.42. The summed E-state index contributed by atoms with van der Waals surface area (Å²) >= 11 is 0. The highest BCUT2D eigenvalue weighted by atomic mass is 16.5. The molecule has 0 aliphatic carbocycles. The summed E-state index contributed by atoms with van der Waals surface area (Å²) in [6.45, 7) is 10.2. The first-order valence-electron chi connectivity index (χ1n) is 4.36. The molecule has 0 saturated carbocycles. The third-order valence-electron chi connectivity index (χ3n) is 1.20. The minimum atomic E-state index is -0.547. The summed E-state index contributed by atoms with van der Waals surface area (Å²) in [5.74, 6) is -0.860. The fraction of sp³-hybridized carbons (Fsp3) is 0.600. The van der Waals surface area contributed by atoms with E-state index in [0.717, 1.165) is 0 Å². The van der Waals surface area contributed by atoms with Crippen molar-refractivity contribution in [1.82, 2.24) is 5.32 Å². The largest absolute Gasteiger partial charge is 0.452 e. The Balaban J connectivity index is 3.87. The van der Waals surface area contributed by atoms with Crippen molar-refractivity contribution in [3.63, 3.8) is 0 Å². The number of carbonyl (C=O) groups excluding carboxylic acids is 2. The van der Waals surface area contributed by atoms with Crippen LogP contribution < -0.4 is 5.32 Å². The van der Waals surface area contributed by atoms with Crippen molar-refractivity contribution in [1.29, 1.82) is 0 Å². The number of carbonyl (C=O) groups is 2. The molecular weight excluding hydrogens is 182 g/mol. The van der Waals surface area contributed by atoms with Gasteiger partial charge in [0, 0.05) is 11.1 Å². The van der Waals surface area contributed by atoms with Gasteiger partial charge in [-0.05, 0) is 27.7 Å². The van der Waals surface area contributed by atoms with E-state index in [1.165, 1.54) is 6.92 Å². The number of amides is 1. The van der Waals surface area contributed by atoms with Crippen molar-refractivity contribution in [3.05, 3.63) is 12.2 Å². The standard InChI is InChI=1S/C10H17NO3/c1-7(2)9(13)14-6-8(12)11-10(3,4)5/h1,6H2,2-5H3,(H,11,12). The van der Waals surface area contributed by atoms with Crippen LogP contribution in [-0.4, -0.2) is 24.0 Å².